The molecule has 2 aromatic rings. The molecular weight excluding hydrogens is 438 g/mol. The van der Waals surface area contributed by atoms with Crippen molar-refractivity contribution in [3.63, 3.8) is 0 Å². The number of rotatable bonds is 2. The predicted octanol–water partition coefficient (Wildman–Crippen LogP) is 0.0192. The van der Waals surface area contributed by atoms with Crippen molar-refractivity contribution in [3.8, 4) is 11.1 Å². The Kier molecular flexibility index (Phi) is 7.05. The van der Waals surface area contributed by atoms with Gasteiger partial charge in [0.05, 0.1) is 0 Å². The summed E-state index contributed by atoms with van der Waals surface area (Å²) < 4.78 is 2.34. The van der Waals surface area contributed by atoms with E-state index in [1.54, 1.807) is 19.9 Å². The minimum atomic E-state index is -0.625. The predicted molar refractivity (Wildman–Crippen MR) is 101 cm³/mol. The van der Waals surface area contributed by atoms with Crippen LogP contribution in [0.25, 0.3) is 16.7 Å². The van der Waals surface area contributed by atoms with E-state index < -0.39 is 22.8 Å². The first-order chi connectivity index (χ1) is 11.6. The second-order valence-electron chi connectivity index (χ2n) is 7.14. The second kappa shape index (κ2) is 8.51. The summed E-state index contributed by atoms with van der Waals surface area (Å²) in [5.41, 5.74) is 12.2. The van der Waals surface area contributed by atoms with Crippen molar-refractivity contribution in [1.82, 2.24) is 0 Å². The smallest absolute Gasteiger partial charge is 1.00 e. The summed E-state index contributed by atoms with van der Waals surface area (Å²) in [6, 6.07) is 11.6. The van der Waals surface area contributed by atoms with E-state index in [2.05, 4.69) is 76.3 Å². The third-order valence-electron chi connectivity index (χ3n) is 5.26. The van der Waals surface area contributed by atoms with Gasteiger partial charge < -0.3 is 24.8 Å². The molecule has 0 saturated heterocycles. The van der Waals surface area contributed by atoms with Crippen LogP contribution in [-0.2, 0) is 22.8 Å². The van der Waals surface area contributed by atoms with E-state index in [0.29, 0.717) is 3.63 Å². The summed E-state index contributed by atoms with van der Waals surface area (Å²) in [6.07, 6.45) is 7.92. The molecule has 2 aliphatic rings. The molecule has 0 fully saturated rings. The third-order valence-corrected chi connectivity index (χ3v) is 8.87. The van der Waals surface area contributed by atoms with E-state index in [1.165, 1.54) is 27.8 Å². The van der Waals surface area contributed by atoms with Crippen LogP contribution in [0.1, 0.15) is 51.7 Å². The summed E-state index contributed by atoms with van der Waals surface area (Å²) >= 11 is -0.625. The van der Waals surface area contributed by atoms with Gasteiger partial charge >= 0.3 is 157 Å². The standard InChI is InChI=1S/C20H17.C3H6.2ClH.Zr/c1-13-11-18-17-10-6-5-9-16(17)12-19(18)20(14(13)2)15-7-3-4-8-15;1-3-2;;;/h3-7,9-12H,8H2,1-2H3;1-2H3;2*1H;/q;;;;+2/p-2. The van der Waals surface area contributed by atoms with E-state index in [9.17, 15) is 0 Å². The van der Waals surface area contributed by atoms with Gasteiger partial charge in [-0.1, -0.05) is 0 Å². The Morgan fingerprint density at radius 2 is 1.77 bits per heavy atom. The zero-order valence-corrected chi connectivity index (χ0v) is 19.6. The van der Waals surface area contributed by atoms with Crippen LogP contribution in [0.4, 0.5) is 0 Å². The molecule has 0 spiro atoms. The molecule has 0 saturated carbocycles. The maximum absolute atomic E-state index is 2.44. The van der Waals surface area contributed by atoms with E-state index in [4.69, 9.17) is 0 Å². The molecule has 133 valence electrons. The average molecular weight is 462 g/mol. The molecule has 4 rings (SSSR count). The average Bonchev–Trinajstić information content (AvgIpc) is 3.17. The van der Waals surface area contributed by atoms with Crippen LogP contribution in [0.2, 0.25) is 0 Å². The van der Waals surface area contributed by atoms with Crippen LogP contribution in [0.5, 0.6) is 0 Å². The Morgan fingerprint density at radius 1 is 1.04 bits per heavy atom. The fourth-order valence-electron chi connectivity index (χ4n) is 4.09. The molecule has 0 radical (unpaired) electrons. The molecule has 0 heterocycles. The summed E-state index contributed by atoms with van der Waals surface area (Å²) in [4.78, 5) is 0. The molecule has 0 amide bonds. The molecule has 0 nitrogen and oxygen atoms in total. The minimum absolute atomic E-state index is 0. The molecular formula is C23H23Cl2Zr. The first-order valence-electron chi connectivity index (χ1n) is 8.74. The van der Waals surface area contributed by atoms with Gasteiger partial charge in [-0.05, 0) is 0 Å². The second-order valence-corrected chi connectivity index (χ2v) is 11.7. The van der Waals surface area contributed by atoms with Gasteiger partial charge in [-0.15, -0.1) is 0 Å². The van der Waals surface area contributed by atoms with Crippen molar-refractivity contribution in [2.45, 2.75) is 37.7 Å². The summed E-state index contributed by atoms with van der Waals surface area (Å²) in [5, 5.41) is 0. The van der Waals surface area contributed by atoms with Gasteiger partial charge in [-0.2, -0.15) is 0 Å². The van der Waals surface area contributed by atoms with E-state index in [0.717, 1.165) is 6.42 Å². The quantitative estimate of drug-likeness (QED) is 0.592. The zero-order valence-electron chi connectivity index (χ0n) is 15.7. The van der Waals surface area contributed by atoms with Gasteiger partial charge in [0, 0.05) is 0 Å². The molecule has 0 aliphatic heterocycles. The van der Waals surface area contributed by atoms with Crippen LogP contribution in [0.15, 0.2) is 48.6 Å². The van der Waals surface area contributed by atoms with Gasteiger partial charge in [-0.25, -0.2) is 0 Å². The molecule has 2 aliphatic carbocycles. The SMILES string of the molecule is C[C](C)=[Zr+2][CH]1c2ccccc2-c2cc(C)c(C)c(C3=CC=CC3)c21.[Cl-].[Cl-]. The Labute approximate surface area is 180 Å². The Bertz CT molecular complexity index is 931. The van der Waals surface area contributed by atoms with Crippen LogP contribution in [-0.4, -0.2) is 3.21 Å². The monoisotopic (exact) mass is 459 g/mol. The first kappa shape index (κ1) is 21.6. The van der Waals surface area contributed by atoms with E-state index in [1.807, 2.05) is 0 Å². The number of hydrogen-bond donors (Lipinski definition) is 0. The molecule has 26 heavy (non-hydrogen) atoms. The number of allylic oxidation sites excluding steroid dienone is 4. The van der Waals surface area contributed by atoms with E-state index >= 15 is 0 Å². The molecule has 1 atom stereocenters. The number of hydrogen-bond acceptors (Lipinski definition) is 0. The number of benzene rings is 2. The normalized spacial score (nSPS) is 16.0. The minimum Gasteiger partial charge on any atom is -1.00 e. The van der Waals surface area contributed by atoms with Gasteiger partial charge in [0.25, 0.3) is 0 Å². The maximum atomic E-state index is 2.44. The van der Waals surface area contributed by atoms with Crippen LogP contribution in [0.3, 0.4) is 0 Å². The largest absolute Gasteiger partial charge is 1.00 e. The van der Waals surface area contributed by atoms with E-state index in [-0.39, 0.29) is 24.8 Å². The first-order valence-corrected chi connectivity index (χ1v) is 11.4. The summed E-state index contributed by atoms with van der Waals surface area (Å²) in [6.45, 7) is 9.26. The number of halogens is 2. The summed E-state index contributed by atoms with van der Waals surface area (Å²) in [7, 11) is 0. The van der Waals surface area contributed by atoms with Crippen molar-refractivity contribution in [2.75, 3.05) is 0 Å². The molecule has 1 unspecified atom stereocenters. The molecule has 0 N–H and O–H groups in total. The number of fused-ring (bicyclic) bond motifs is 3. The van der Waals surface area contributed by atoms with Crippen LogP contribution >= 0.6 is 0 Å². The molecule has 2 aromatic carbocycles. The van der Waals surface area contributed by atoms with Crippen molar-refractivity contribution >= 4 is 8.78 Å². The fraction of sp³-hybridized carbons (Fsp3) is 0.261. The van der Waals surface area contributed by atoms with Gasteiger partial charge in [-0.3, -0.25) is 0 Å². The van der Waals surface area contributed by atoms with Crippen LogP contribution < -0.4 is 24.8 Å². The van der Waals surface area contributed by atoms with Crippen molar-refractivity contribution in [3.05, 3.63) is 76.4 Å². The molecule has 0 bridgehead atoms. The van der Waals surface area contributed by atoms with Crippen molar-refractivity contribution in [2.24, 2.45) is 0 Å². The molecule has 3 heteroatoms. The Balaban J connectivity index is 0.00000121. The number of aryl methyl sites for hydroxylation is 1. The Morgan fingerprint density at radius 3 is 2.42 bits per heavy atom. The Hall–Kier alpha value is -0.747. The zero-order chi connectivity index (χ0) is 16.8. The third kappa shape index (κ3) is 3.51. The van der Waals surface area contributed by atoms with Gasteiger partial charge in [0.2, 0.25) is 0 Å². The maximum Gasteiger partial charge on any atom is -1.00 e. The summed E-state index contributed by atoms with van der Waals surface area (Å²) in [5.74, 6) is 0. The van der Waals surface area contributed by atoms with Crippen LogP contribution in [0, 0.1) is 13.8 Å². The van der Waals surface area contributed by atoms with Gasteiger partial charge in [0.1, 0.15) is 0 Å². The van der Waals surface area contributed by atoms with Gasteiger partial charge in [0.15, 0.2) is 0 Å². The van der Waals surface area contributed by atoms with Crippen molar-refractivity contribution < 1.29 is 47.6 Å². The molecule has 0 aromatic heterocycles. The fourth-order valence-corrected chi connectivity index (χ4v) is 7.61. The topological polar surface area (TPSA) is 0 Å². The van der Waals surface area contributed by atoms with Crippen molar-refractivity contribution in [1.29, 1.82) is 0 Å².